The molecule has 0 radical (unpaired) electrons. The number of hydrogen-bond acceptors (Lipinski definition) is 5. The van der Waals surface area contributed by atoms with Crippen LogP contribution in [0.25, 0.3) is 0 Å². The lowest BCUT2D eigenvalue weighted by atomic mass is 10.2. The monoisotopic (exact) mass is 276 g/mol. The molecule has 2 aromatic rings. The first-order chi connectivity index (χ1) is 9.19. The Labute approximate surface area is 116 Å². The molecule has 100 valence electrons. The number of anilines is 2. The molecule has 5 heteroatoms. The highest BCUT2D eigenvalue weighted by Gasteiger charge is 2.06. The largest absolute Gasteiger partial charge is 0.469 e. The molecule has 0 aliphatic heterocycles. The summed E-state index contributed by atoms with van der Waals surface area (Å²) in [6.07, 6.45) is 0.975. The maximum absolute atomic E-state index is 11.1. The number of methoxy groups -OCH3 is 1. The molecule has 19 heavy (non-hydrogen) atoms. The van der Waals surface area contributed by atoms with E-state index < -0.39 is 0 Å². The highest BCUT2D eigenvalue weighted by molar-refractivity contribution is 7.13. The molecule has 0 fully saturated rings. The molecule has 1 heterocycles. The number of hydrogen-bond donors (Lipinski definition) is 1. The molecular formula is C14H16N2O2S. The van der Waals surface area contributed by atoms with Gasteiger partial charge in [0.2, 0.25) is 0 Å². The molecule has 1 N–H and O–H groups in total. The van der Waals surface area contributed by atoms with Crippen LogP contribution in [0.15, 0.2) is 29.6 Å². The van der Waals surface area contributed by atoms with Crippen LogP contribution in [0.3, 0.4) is 0 Å². The Morgan fingerprint density at radius 1 is 1.42 bits per heavy atom. The fourth-order valence-corrected chi connectivity index (χ4v) is 2.40. The van der Waals surface area contributed by atoms with Gasteiger partial charge in [-0.3, -0.25) is 4.79 Å². The van der Waals surface area contributed by atoms with E-state index in [9.17, 15) is 4.79 Å². The van der Waals surface area contributed by atoms with E-state index in [1.54, 1.807) is 0 Å². The van der Waals surface area contributed by atoms with Crippen molar-refractivity contribution in [2.45, 2.75) is 19.8 Å². The van der Waals surface area contributed by atoms with Crippen molar-refractivity contribution in [3.8, 4) is 0 Å². The number of benzene rings is 1. The van der Waals surface area contributed by atoms with Crippen LogP contribution < -0.4 is 5.32 Å². The van der Waals surface area contributed by atoms with E-state index in [1.807, 2.05) is 36.6 Å². The number of carbonyl (C=O) groups is 1. The number of rotatable bonds is 5. The minimum Gasteiger partial charge on any atom is -0.469 e. The van der Waals surface area contributed by atoms with Gasteiger partial charge in [0, 0.05) is 17.5 Å². The summed E-state index contributed by atoms with van der Waals surface area (Å²) in [6, 6.07) is 8.06. The first-order valence-corrected chi connectivity index (χ1v) is 6.91. The van der Waals surface area contributed by atoms with Crippen molar-refractivity contribution in [3.05, 3.63) is 40.9 Å². The summed E-state index contributed by atoms with van der Waals surface area (Å²) >= 11 is 1.54. The molecule has 1 aromatic carbocycles. The average Bonchev–Trinajstić information content (AvgIpc) is 2.86. The smallest absolute Gasteiger partial charge is 0.305 e. The number of carbonyl (C=O) groups excluding carboxylic acids is 1. The van der Waals surface area contributed by atoms with Crippen molar-refractivity contribution < 1.29 is 9.53 Å². The van der Waals surface area contributed by atoms with Crippen LogP contribution in [0.5, 0.6) is 0 Å². The van der Waals surface area contributed by atoms with Gasteiger partial charge in [-0.15, -0.1) is 11.3 Å². The summed E-state index contributed by atoms with van der Waals surface area (Å²) in [7, 11) is 1.40. The second-order valence-corrected chi connectivity index (χ2v) is 5.02. The molecule has 0 spiro atoms. The molecule has 0 bridgehead atoms. The number of para-hydroxylation sites is 1. The SMILES string of the molecule is COC(=O)CCc1csc(Nc2ccccc2C)n1. The van der Waals surface area contributed by atoms with Crippen LogP contribution in [0.2, 0.25) is 0 Å². The third-order valence-corrected chi connectivity index (χ3v) is 3.56. The Morgan fingerprint density at radius 2 is 2.21 bits per heavy atom. The van der Waals surface area contributed by atoms with E-state index in [2.05, 4.69) is 15.0 Å². The van der Waals surface area contributed by atoms with E-state index in [1.165, 1.54) is 24.0 Å². The molecule has 0 aliphatic rings. The number of nitrogens with one attached hydrogen (secondary N) is 1. The van der Waals surface area contributed by atoms with E-state index in [0.717, 1.165) is 16.5 Å². The second kappa shape index (κ2) is 6.33. The fourth-order valence-electron chi connectivity index (χ4n) is 1.64. The Hall–Kier alpha value is -1.88. The van der Waals surface area contributed by atoms with Crippen molar-refractivity contribution in [1.29, 1.82) is 0 Å². The number of esters is 1. The third kappa shape index (κ3) is 3.79. The second-order valence-electron chi connectivity index (χ2n) is 4.16. The van der Waals surface area contributed by atoms with Gasteiger partial charge in [-0.25, -0.2) is 4.98 Å². The predicted molar refractivity (Wildman–Crippen MR) is 76.9 cm³/mol. The maximum atomic E-state index is 11.1. The summed E-state index contributed by atoms with van der Waals surface area (Å²) in [6.45, 7) is 2.05. The molecule has 4 nitrogen and oxygen atoms in total. The van der Waals surface area contributed by atoms with E-state index in [4.69, 9.17) is 0 Å². The van der Waals surface area contributed by atoms with Gasteiger partial charge in [0.1, 0.15) is 0 Å². The van der Waals surface area contributed by atoms with Gasteiger partial charge in [-0.2, -0.15) is 0 Å². The van der Waals surface area contributed by atoms with Gasteiger partial charge >= 0.3 is 5.97 Å². The normalized spacial score (nSPS) is 10.2. The third-order valence-electron chi connectivity index (χ3n) is 2.75. The Balaban J connectivity index is 1.98. The highest BCUT2D eigenvalue weighted by Crippen LogP contribution is 2.23. The van der Waals surface area contributed by atoms with Gasteiger partial charge in [0.25, 0.3) is 0 Å². The highest BCUT2D eigenvalue weighted by atomic mass is 32.1. The summed E-state index contributed by atoms with van der Waals surface area (Å²) in [4.78, 5) is 15.5. The maximum Gasteiger partial charge on any atom is 0.305 e. The Bertz CT molecular complexity index is 566. The number of aryl methyl sites for hydroxylation is 2. The van der Waals surface area contributed by atoms with Gasteiger partial charge in [-0.1, -0.05) is 18.2 Å². The molecule has 0 saturated carbocycles. The molecule has 0 atom stereocenters. The molecule has 0 unspecified atom stereocenters. The Morgan fingerprint density at radius 3 is 2.95 bits per heavy atom. The lowest BCUT2D eigenvalue weighted by Gasteiger charge is -2.05. The zero-order valence-electron chi connectivity index (χ0n) is 11.0. The van der Waals surface area contributed by atoms with E-state index >= 15 is 0 Å². The fraction of sp³-hybridized carbons (Fsp3) is 0.286. The van der Waals surface area contributed by atoms with Crippen LogP contribution in [-0.4, -0.2) is 18.1 Å². The zero-order chi connectivity index (χ0) is 13.7. The average molecular weight is 276 g/mol. The first kappa shape index (κ1) is 13.5. The number of ether oxygens (including phenoxy) is 1. The minimum atomic E-state index is -0.207. The molecule has 1 aromatic heterocycles. The van der Waals surface area contributed by atoms with Gasteiger partial charge in [0.15, 0.2) is 5.13 Å². The molecule has 2 rings (SSSR count). The van der Waals surface area contributed by atoms with Crippen LogP contribution in [-0.2, 0) is 16.0 Å². The summed E-state index contributed by atoms with van der Waals surface area (Å²) < 4.78 is 4.61. The lowest BCUT2D eigenvalue weighted by Crippen LogP contribution is -2.02. The summed E-state index contributed by atoms with van der Waals surface area (Å²) in [5.41, 5.74) is 3.14. The molecule has 0 aliphatic carbocycles. The van der Waals surface area contributed by atoms with Crippen molar-refractivity contribution in [2.24, 2.45) is 0 Å². The molecule has 0 saturated heterocycles. The first-order valence-electron chi connectivity index (χ1n) is 6.03. The van der Waals surface area contributed by atoms with Crippen molar-refractivity contribution >= 4 is 28.1 Å². The van der Waals surface area contributed by atoms with Gasteiger partial charge < -0.3 is 10.1 Å². The van der Waals surface area contributed by atoms with Crippen LogP contribution in [0.4, 0.5) is 10.8 Å². The van der Waals surface area contributed by atoms with Gasteiger partial charge in [0.05, 0.1) is 19.2 Å². The number of thiazole rings is 1. The minimum absolute atomic E-state index is 0.207. The van der Waals surface area contributed by atoms with Gasteiger partial charge in [-0.05, 0) is 18.6 Å². The van der Waals surface area contributed by atoms with Crippen LogP contribution in [0, 0.1) is 6.92 Å². The van der Waals surface area contributed by atoms with E-state index in [-0.39, 0.29) is 5.97 Å². The van der Waals surface area contributed by atoms with Crippen molar-refractivity contribution in [2.75, 3.05) is 12.4 Å². The summed E-state index contributed by atoms with van der Waals surface area (Å²) in [5.74, 6) is -0.207. The predicted octanol–water partition coefficient (Wildman–Crippen LogP) is 3.30. The molecular weight excluding hydrogens is 260 g/mol. The Kier molecular flexibility index (Phi) is 4.52. The zero-order valence-corrected chi connectivity index (χ0v) is 11.8. The van der Waals surface area contributed by atoms with Crippen LogP contribution in [0.1, 0.15) is 17.7 Å². The number of aromatic nitrogens is 1. The van der Waals surface area contributed by atoms with E-state index in [0.29, 0.717) is 12.8 Å². The van der Waals surface area contributed by atoms with Crippen molar-refractivity contribution in [3.63, 3.8) is 0 Å². The topological polar surface area (TPSA) is 51.2 Å². The van der Waals surface area contributed by atoms with Crippen LogP contribution >= 0.6 is 11.3 Å². The standard InChI is InChI=1S/C14H16N2O2S/c1-10-5-3-4-6-12(10)16-14-15-11(9-19-14)7-8-13(17)18-2/h3-6,9H,7-8H2,1-2H3,(H,15,16). The van der Waals surface area contributed by atoms with Crippen molar-refractivity contribution in [1.82, 2.24) is 4.98 Å². The number of nitrogens with zero attached hydrogens (tertiary/aromatic N) is 1. The molecule has 0 amide bonds. The quantitative estimate of drug-likeness (QED) is 0.851. The summed E-state index contributed by atoms with van der Waals surface area (Å²) in [5, 5.41) is 6.09. The lowest BCUT2D eigenvalue weighted by molar-refractivity contribution is -0.140.